The van der Waals surface area contributed by atoms with Crippen molar-refractivity contribution in [2.45, 2.75) is 39.3 Å². The molecule has 3 nitrogen and oxygen atoms in total. The van der Waals surface area contributed by atoms with E-state index in [1.54, 1.807) is 25.1 Å². The van der Waals surface area contributed by atoms with Crippen LogP contribution in [0.5, 0.6) is 0 Å². The maximum absolute atomic E-state index is 13.5. The molecule has 0 radical (unpaired) electrons. The summed E-state index contributed by atoms with van der Waals surface area (Å²) in [6, 6.07) is 5.49. The molecule has 18 heavy (non-hydrogen) atoms. The Balaban J connectivity index is 2.62. The molecule has 0 spiro atoms. The van der Waals surface area contributed by atoms with E-state index in [0.717, 1.165) is 0 Å². The van der Waals surface area contributed by atoms with Crippen molar-refractivity contribution in [2.24, 2.45) is 11.7 Å². The number of benzene rings is 1. The normalized spacial score (nSPS) is 14.3. The second kappa shape index (κ2) is 6.50. The Hall–Kier alpha value is -1.42. The van der Waals surface area contributed by atoms with Crippen LogP contribution in [0.3, 0.4) is 0 Å². The summed E-state index contributed by atoms with van der Waals surface area (Å²) in [5.41, 5.74) is 6.25. The van der Waals surface area contributed by atoms with Crippen LogP contribution in [0.2, 0.25) is 0 Å². The van der Waals surface area contributed by atoms with Crippen LogP contribution < -0.4 is 11.1 Å². The van der Waals surface area contributed by atoms with E-state index in [9.17, 15) is 9.18 Å². The molecule has 1 amide bonds. The lowest BCUT2D eigenvalue weighted by atomic mass is 10.0. The quantitative estimate of drug-likeness (QED) is 0.845. The highest BCUT2D eigenvalue weighted by molar-refractivity contribution is 5.81. The zero-order valence-corrected chi connectivity index (χ0v) is 11.1. The van der Waals surface area contributed by atoms with E-state index in [1.807, 2.05) is 13.8 Å². The molecular weight excluding hydrogens is 231 g/mol. The van der Waals surface area contributed by atoms with Crippen molar-refractivity contribution >= 4 is 5.91 Å². The molecule has 1 aromatic rings. The number of carbonyl (C=O) groups is 1. The van der Waals surface area contributed by atoms with Crippen molar-refractivity contribution in [1.82, 2.24) is 5.32 Å². The molecule has 0 bridgehead atoms. The average Bonchev–Trinajstić information content (AvgIpc) is 2.28. The molecule has 0 aromatic heterocycles. The first-order valence-electron chi connectivity index (χ1n) is 6.22. The molecule has 0 aliphatic heterocycles. The van der Waals surface area contributed by atoms with Crippen molar-refractivity contribution in [3.63, 3.8) is 0 Å². The summed E-state index contributed by atoms with van der Waals surface area (Å²) < 4.78 is 13.5. The van der Waals surface area contributed by atoms with E-state index in [-0.39, 0.29) is 17.8 Å². The molecule has 2 atom stereocenters. The maximum atomic E-state index is 13.5. The third-order valence-electron chi connectivity index (χ3n) is 2.79. The lowest BCUT2D eigenvalue weighted by molar-refractivity contribution is -0.123. The largest absolute Gasteiger partial charge is 0.348 e. The zero-order valence-electron chi connectivity index (χ0n) is 11.1. The van der Waals surface area contributed by atoms with Gasteiger partial charge >= 0.3 is 0 Å². The Bertz CT molecular complexity index is 407. The van der Waals surface area contributed by atoms with Gasteiger partial charge in [-0.15, -0.1) is 0 Å². The van der Waals surface area contributed by atoms with Crippen molar-refractivity contribution in [3.8, 4) is 0 Å². The number of rotatable bonds is 5. The fraction of sp³-hybridized carbons (Fsp3) is 0.500. The van der Waals surface area contributed by atoms with E-state index < -0.39 is 6.04 Å². The molecule has 0 saturated carbocycles. The maximum Gasteiger partial charge on any atom is 0.237 e. The first-order valence-corrected chi connectivity index (χ1v) is 6.22. The highest BCUT2D eigenvalue weighted by Crippen LogP contribution is 2.16. The molecule has 0 fully saturated rings. The topological polar surface area (TPSA) is 55.1 Å². The molecule has 0 aliphatic carbocycles. The molecule has 4 heteroatoms. The summed E-state index contributed by atoms with van der Waals surface area (Å²) in [7, 11) is 0. The highest BCUT2D eigenvalue weighted by Gasteiger charge is 2.18. The fourth-order valence-electron chi connectivity index (χ4n) is 1.84. The number of hydrogen-bond acceptors (Lipinski definition) is 2. The van der Waals surface area contributed by atoms with Gasteiger partial charge in [0.25, 0.3) is 0 Å². The Morgan fingerprint density at radius 3 is 2.50 bits per heavy atom. The number of nitrogens with one attached hydrogen (secondary N) is 1. The van der Waals surface area contributed by atoms with Gasteiger partial charge < -0.3 is 11.1 Å². The van der Waals surface area contributed by atoms with Gasteiger partial charge in [0, 0.05) is 5.56 Å². The van der Waals surface area contributed by atoms with Crippen LogP contribution in [0.1, 0.15) is 38.8 Å². The van der Waals surface area contributed by atoms with Crippen LogP contribution in [-0.2, 0) is 4.79 Å². The molecule has 3 N–H and O–H groups in total. The first-order chi connectivity index (χ1) is 8.41. The predicted octanol–water partition coefficient (Wildman–Crippen LogP) is 2.38. The predicted molar refractivity (Wildman–Crippen MR) is 70.4 cm³/mol. The number of carbonyl (C=O) groups excluding carboxylic acids is 1. The highest BCUT2D eigenvalue weighted by atomic mass is 19.1. The van der Waals surface area contributed by atoms with E-state index in [1.165, 1.54) is 6.07 Å². The third-order valence-corrected chi connectivity index (χ3v) is 2.79. The van der Waals surface area contributed by atoms with Gasteiger partial charge in [-0.25, -0.2) is 4.39 Å². The van der Waals surface area contributed by atoms with Crippen molar-refractivity contribution in [2.75, 3.05) is 0 Å². The summed E-state index contributed by atoms with van der Waals surface area (Å²) in [5, 5.41) is 2.74. The van der Waals surface area contributed by atoms with Gasteiger partial charge in [-0.05, 0) is 25.3 Å². The zero-order chi connectivity index (χ0) is 13.7. The lowest BCUT2D eigenvalue weighted by Gasteiger charge is -2.19. The summed E-state index contributed by atoms with van der Waals surface area (Å²) in [4.78, 5) is 11.8. The minimum Gasteiger partial charge on any atom is -0.348 e. The summed E-state index contributed by atoms with van der Waals surface area (Å²) >= 11 is 0. The molecule has 0 aliphatic rings. The SMILES string of the molecule is CC(C)C[C@H](N)C(=O)N[C@H](C)c1ccccc1F. The van der Waals surface area contributed by atoms with Gasteiger partial charge in [0.05, 0.1) is 12.1 Å². The second-order valence-corrected chi connectivity index (χ2v) is 4.99. The summed E-state index contributed by atoms with van der Waals surface area (Å²) in [6.45, 7) is 5.76. The minimum atomic E-state index is -0.542. The Morgan fingerprint density at radius 2 is 1.94 bits per heavy atom. The standard InChI is InChI=1S/C14H21FN2O/c1-9(2)8-13(16)14(18)17-10(3)11-6-4-5-7-12(11)15/h4-7,9-10,13H,8,16H2,1-3H3,(H,17,18)/t10-,13+/m1/s1. The van der Waals surface area contributed by atoms with Gasteiger partial charge in [0.1, 0.15) is 5.82 Å². The third kappa shape index (κ3) is 4.11. The number of hydrogen-bond donors (Lipinski definition) is 2. The van der Waals surface area contributed by atoms with Crippen LogP contribution in [-0.4, -0.2) is 11.9 Å². The molecule has 100 valence electrons. The summed E-state index contributed by atoms with van der Waals surface area (Å²) in [6.07, 6.45) is 0.621. The van der Waals surface area contributed by atoms with Crippen molar-refractivity contribution in [1.29, 1.82) is 0 Å². The van der Waals surface area contributed by atoms with Crippen molar-refractivity contribution < 1.29 is 9.18 Å². The van der Waals surface area contributed by atoms with Gasteiger partial charge in [-0.3, -0.25) is 4.79 Å². The van der Waals surface area contributed by atoms with Gasteiger partial charge in [-0.2, -0.15) is 0 Å². The average molecular weight is 252 g/mol. The number of halogens is 1. The monoisotopic (exact) mass is 252 g/mol. The van der Waals surface area contributed by atoms with Gasteiger partial charge in [0.15, 0.2) is 0 Å². The molecule has 0 heterocycles. The molecular formula is C14H21FN2O. The minimum absolute atomic E-state index is 0.237. The first kappa shape index (κ1) is 14.6. The van der Waals surface area contributed by atoms with Crippen LogP contribution in [0.25, 0.3) is 0 Å². The fourth-order valence-corrected chi connectivity index (χ4v) is 1.84. The van der Waals surface area contributed by atoms with Crippen LogP contribution in [0, 0.1) is 11.7 Å². The number of amides is 1. The van der Waals surface area contributed by atoms with Crippen LogP contribution in [0.15, 0.2) is 24.3 Å². The molecule has 0 unspecified atom stereocenters. The van der Waals surface area contributed by atoms with E-state index in [4.69, 9.17) is 5.73 Å². The molecule has 0 saturated heterocycles. The van der Waals surface area contributed by atoms with Crippen LogP contribution >= 0.6 is 0 Å². The Kier molecular flexibility index (Phi) is 5.28. The number of nitrogens with two attached hydrogens (primary N) is 1. The van der Waals surface area contributed by atoms with Gasteiger partial charge in [-0.1, -0.05) is 32.0 Å². The Morgan fingerprint density at radius 1 is 1.33 bits per heavy atom. The van der Waals surface area contributed by atoms with E-state index in [0.29, 0.717) is 17.9 Å². The van der Waals surface area contributed by atoms with Crippen molar-refractivity contribution in [3.05, 3.63) is 35.6 Å². The van der Waals surface area contributed by atoms with E-state index in [2.05, 4.69) is 5.32 Å². The van der Waals surface area contributed by atoms with Gasteiger partial charge in [0.2, 0.25) is 5.91 Å². The van der Waals surface area contributed by atoms with E-state index >= 15 is 0 Å². The van der Waals surface area contributed by atoms with Crippen LogP contribution in [0.4, 0.5) is 4.39 Å². The smallest absolute Gasteiger partial charge is 0.237 e. The lowest BCUT2D eigenvalue weighted by Crippen LogP contribution is -2.42. The second-order valence-electron chi connectivity index (χ2n) is 4.99. The summed E-state index contributed by atoms with van der Waals surface area (Å²) in [5.74, 6) is -0.197. The Labute approximate surface area is 108 Å². The molecule has 1 aromatic carbocycles. The molecule has 1 rings (SSSR count).